The molecule has 3 rings (SSSR count). The van der Waals surface area contributed by atoms with Gasteiger partial charge in [-0.05, 0) is 42.0 Å². The van der Waals surface area contributed by atoms with E-state index in [4.69, 9.17) is 25.8 Å². The van der Waals surface area contributed by atoms with Crippen LogP contribution in [0, 0.1) is 5.82 Å². The lowest BCUT2D eigenvalue weighted by atomic mass is 10.2. The van der Waals surface area contributed by atoms with Gasteiger partial charge >= 0.3 is 5.97 Å². The fraction of sp³-hybridized carbons (Fsp3) is 0.111. The maximum atomic E-state index is 13.1. The first-order chi connectivity index (χ1) is 12.5. The molecule has 0 aromatic heterocycles. The van der Waals surface area contributed by atoms with Crippen molar-refractivity contribution in [2.45, 2.75) is 0 Å². The van der Waals surface area contributed by atoms with Crippen molar-refractivity contribution in [3.63, 3.8) is 0 Å². The summed E-state index contributed by atoms with van der Waals surface area (Å²) in [5, 5.41) is 2.33. The number of esters is 1. The highest BCUT2D eigenvalue weighted by atomic mass is 35.5. The number of halogens is 2. The Labute approximate surface area is 153 Å². The van der Waals surface area contributed by atoms with Gasteiger partial charge in [0.2, 0.25) is 6.79 Å². The van der Waals surface area contributed by atoms with Gasteiger partial charge in [0.25, 0.3) is 5.91 Å². The average molecular weight is 378 g/mol. The monoisotopic (exact) mass is 377 g/mol. The number of anilines is 1. The maximum absolute atomic E-state index is 13.1. The Morgan fingerprint density at radius 1 is 1.19 bits per heavy atom. The first kappa shape index (κ1) is 17.8. The largest absolute Gasteiger partial charge is 0.454 e. The first-order valence-electron chi connectivity index (χ1n) is 7.50. The lowest BCUT2D eigenvalue weighted by Gasteiger charge is -2.06. The molecular weight excluding hydrogens is 365 g/mol. The Balaban J connectivity index is 1.48. The van der Waals surface area contributed by atoms with Crippen LogP contribution in [0.25, 0.3) is 6.08 Å². The van der Waals surface area contributed by atoms with Crippen molar-refractivity contribution in [3.05, 3.63) is 58.9 Å². The van der Waals surface area contributed by atoms with E-state index < -0.39 is 24.3 Å². The molecule has 1 heterocycles. The molecule has 0 unspecified atom stereocenters. The summed E-state index contributed by atoms with van der Waals surface area (Å²) in [4.78, 5) is 23.4. The van der Waals surface area contributed by atoms with E-state index in [0.717, 1.165) is 11.6 Å². The van der Waals surface area contributed by atoms with E-state index in [1.54, 1.807) is 18.2 Å². The van der Waals surface area contributed by atoms with Gasteiger partial charge in [0, 0.05) is 11.8 Å². The van der Waals surface area contributed by atoms with Crippen LogP contribution in [0.5, 0.6) is 11.5 Å². The van der Waals surface area contributed by atoms with Crippen LogP contribution < -0.4 is 14.8 Å². The highest BCUT2D eigenvalue weighted by Crippen LogP contribution is 2.32. The summed E-state index contributed by atoms with van der Waals surface area (Å²) in [6.07, 6.45) is 2.72. The highest BCUT2D eigenvalue weighted by molar-refractivity contribution is 6.31. The van der Waals surface area contributed by atoms with E-state index in [-0.39, 0.29) is 11.8 Å². The average Bonchev–Trinajstić information content (AvgIpc) is 3.09. The second kappa shape index (κ2) is 7.88. The minimum absolute atomic E-state index is 0.119. The number of carbonyl (C=O) groups excluding carboxylic acids is 2. The molecule has 0 atom stereocenters. The second-order valence-electron chi connectivity index (χ2n) is 5.23. The van der Waals surface area contributed by atoms with E-state index >= 15 is 0 Å². The Kier molecular flexibility index (Phi) is 5.38. The zero-order valence-corrected chi connectivity index (χ0v) is 14.1. The van der Waals surface area contributed by atoms with Crippen molar-refractivity contribution in [3.8, 4) is 11.5 Å². The minimum atomic E-state index is -0.685. The van der Waals surface area contributed by atoms with Crippen molar-refractivity contribution in [1.82, 2.24) is 0 Å². The van der Waals surface area contributed by atoms with Crippen LogP contribution >= 0.6 is 11.6 Å². The van der Waals surface area contributed by atoms with Crippen LogP contribution in [0.4, 0.5) is 10.1 Å². The third-order valence-corrected chi connectivity index (χ3v) is 3.65. The van der Waals surface area contributed by atoms with Crippen LogP contribution in [-0.2, 0) is 14.3 Å². The molecule has 2 aromatic rings. The van der Waals surface area contributed by atoms with Crippen LogP contribution in [-0.4, -0.2) is 25.3 Å². The van der Waals surface area contributed by atoms with Gasteiger partial charge < -0.3 is 19.5 Å². The molecule has 26 heavy (non-hydrogen) atoms. The van der Waals surface area contributed by atoms with Gasteiger partial charge in [-0.25, -0.2) is 9.18 Å². The number of hydrogen-bond donors (Lipinski definition) is 1. The summed E-state index contributed by atoms with van der Waals surface area (Å²) >= 11 is 5.62. The zero-order valence-electron chi connectivity index (χ0n) is 13.3. The SMILES string of the molecule is O=C(COC(=O)/C=C/c1ccc2c(c1)OCO2)Nc1ccc(F)c(Cl)c1. The summed E-state index contributed by atoms with van der Waals surface area (Å²) in [5.74, 6) is -0.614. The molecular formula is C18H13ClFNO5. The molecule has 2 aromatic carbocycles. The number of ether oxygens (including phenoxy) is 3. The molecule has 1 amide bonds. The molecule has 1 N–H and O–H groups in total. The minimum Gasteiger partial charge on any atom is -0.454 e. The van der Waals surface area contributed by atoms with E-state index in [2.05, 4.69) is 5.32 Å². The smallest absolute Gasteiger partial charge is 0.331 e. The molecule has 0 radical (unpaired) electrons. The molecule has 0 bridgehead atoms. The molecule has 8 heteroatoms. The molecule has 0 fully saturated rings. The first-order valence-corrected chi connectivity index (χ1v) is 7.88. The van der Waals surface area contributed by atoms with E-state index in [0.29, 0.717) is 17.2 Å². The third kappa shape index (κ3) is 4.52. The number of hydrogen-bond acceptors (Lipinski definition) is 5. The fourth-order valence-electron chi connectivity index (χ4n) is 2.14. The Bertz CT molecular complexity index is 884. The third-order valence-electron chi connectivity index (χ3n) is 3.36. The van der Waals surface area contributed by atoms with E-state index in [1.807, 2.05) is 0 Å². The van der Waals surface area contributed by atoms with Crippen molar-refractivity contribution in [2.75, 3.05) is 18.7 Å². The Hall–Kier alpha value is -3.06. The predicted octanol–water partition coefficient (Wildman–Crippen LogP) is 3.40. The van der Waals surface area contributed by atoms with Crippen molar-refractivity contribution in [1.29, 1.82) is 0 Å². The topological polar surface area (TPSA) is 73.9 Å². The summed E-state index contributed by atoms with van der Waals surface area (Å²) < 4.78 is 28.3. The molecule has 1 aliphatic rings. The van der Waals surface area contributed by atoms with E-state index in [1.165, 1.54) is 24.3 Å². The lowest BCUT2D eigenvalue weighted by molar-refractivity contribution is -0.142. The van der Waals surface area contributed by atoms with Gasteiger partial charge in [-0.15, -0.1) is 0 Å². The van der Waals surface area contributed by atoms with E-state index in [9.17, 15) is 14.0 Å². The Morgan fingerprint density at radius 3 is 2.81 bits per heavy atom. The second-order valence-corrected chi connectivity index (χ2v) is 5.64. The standard InChI is InChI=1S/C18H13ClFNO5/c19-13-8-12(3-4-14(13)20)21-17(22)9-24-18(23)6-2-11-1-5-15-16(7-11)26-10-25-15/h1-8H,9-10H2,(H,21,22)/b6-2+. The van der Waals surface area contributed by atoms with Gasteiger partial charge in [-0.3, -0.25) is 4.79 Å². The number of carbonyl (C=O) groups is 2. The number of rotatable bonds is 5. The van der Waals surface area contributed by atoms with Crippen molar-refractivity contribution < 1.29 is 28.2 Å². The molecule has 0 aliphatic carbocycles. The summed E-state index contributed by atoms with van der Waals surface area (Å²) in [7, 11) is 0. The number of amides is 1. The fourth-order valence-corrected chi connectivity index (χ4v) is 2.32. The molecule has 0 saturated carbocycles. The number of nitrogens with one attached hydrogen (secondary N) is 1. The number of fused-ring (bicyclic) bond motifs is 1. The normalized spacial score (nSPS) is 12.2. The predicted molar refractivity (Wildman–Crippen MR) is 92.6 cm³/mol. The molecule has 0 saturated heterocycles. The van der Waals surface area contributed by atoms with Gasteiger partial charge in [-0.2, -0.15) is 0 Å². The van der Waals surface area contributed by atoms with Crippen molar-refractivity contribution >= 4 is 35.2 Å². The zero-order chi connectivity index (χ0) is 18.5. The van der Waals surface area contributed by atoms with Crippen LogP contribution in [0.3, 0.4) is 0 Å². The van der Waals surface area contributed by atoms with Gasteiger partial charge in [0.05, 0.1) is 5.02 Å². The molecule has 134 valence electrons. The molecule has 0 spiro atoms. The summed E-state index contributed by atoms with van der Waals surface area (Å²) in [6, 6.07) is 8.93. The van der Waals surface area contributed by atoms with Crippen LogP contribution in [0.15, 0.2) is 42.5 Å². The summed E-state index contributed by atoms with van der Waals surface area (Å²) in [6.45, 7) is -0.321. The molecule has 6 nitrogen and oxygen atoms in total. The highest BCUT2D eigenvalue weighted by Gasteiger charge is 2.12. The van der Waals surface area contributed by atoms with Crippen molar-refractivity contribution in [2.24, 2.45) is 0 Å². The quantitative estimate of drug-likeness (QED) is 0.638. The van der Waals surface area contributed by atoms with Gasteiger partial charge in [0.1, 0.15) is 5.82 Å². The maximum Gasteiger partial charge on any atom is 0.331 e. The van der Waals surface area contributed by atoms with Gasteiger partial charge in [-0.1, -0.05) is 17.7 Å². The molecule has 1 aliphatic heterocycles. The Morgan fingerprint density at radius 2 is 2.00 bits per heavy atom. The van der Waals surface area contributed by atoms with Crippen LogP contribution in [0.1, 0.15) is 5.56 Å². The van der Waals surface area contributed by atoms with Gasteiger partial charge in [0.15, 0.2) is 18.1 Å². The lowest BCUT2D eigenvalue weighted by Crippen LogP contribution is -2.20. The summed E-state index contributed by atoms with van der Waals surface area (Å²) in [5.41, 5.74) is 1.02. The number of benzene rings is 2. The van der Waals surface area contributed by atoms with Crippen LogP contribution in [0.2, 0.25) is 5.02 Å².